The van der Waals surface area contributed by atoms with E-state index in [9.17, 15) is 9.59 Å². The van der Waals surface area contributed by atoms with Gasteiger partial charge in [-0.05, 0) is 24.1 Å². The minimum atomic E-state index is -0.0898. The Morgan fingerprint density at radius 1 is 1.33 bits per heavy atom. The molecule has 0 radical (unpaired) electrons. The molecule has 2 aromatic rings. The molecule has 4 nitrogen and oxygen atoms in total. The van der Waals surface area contributed by atoms with Crippen LogP contribution in [0.25, 0.3) is 0 Å². The summed E-state index contributed by atoms with van der Waals surface area (Å²) in [5, 5.41) is 0. The average molecular weight is 240 g/mol. The Bertz CT molecular complexity index is 616. The molecular formula is C14H12N2O2. The van der Waals surface area contributed by atoms with Crippen molar-refractivity contribution in [3.05, 3.63) is 53.3 Å². The van der Waals surface area contributed by atoms with Gasteiger partial charge in [0.05, 0.1) is 0 Å². The number of carbonyl (C=O) groups excluding carboxylic acids is 2. The fraction of sp³-hybridized carbons (Fsp3) is 0.143. The van der Waals surface area contributed by atoms with Crippen molar-refractivity contribution in [1.29, 1.82) is 0 Å². The number of rotatable bonds is 2. The quantitative estimate of drug-likeness (QED) is 0.816. The zero-order valence-corrected chi connectivity index (χ0v) is 9.72. The van der Waals surface area contributed by atoms with Crippen molar-refractivity contribution in [3.8, 4) is 0 Å². The molecule has 0 saturated heterocycles. The lowest BCUT2D eigenvalue weighted by molar-refractivity contribution is 0.0985. The Kier molecular flexibility index (Phi) is 2.48. The van der Waals surface area contributed by atoms with Crippen LogP contribution in [0.2, 0.25) is 0 Å². The SMILES string of the molecule is O=Cc1c[nH]c(C(=O)N2CCc3ccccc32)c1. The molecule has 0 saturated carbocycles. The first-order valence-corrected chi connectivity index (χ1v) is 5.83. The Labute approximate surface area is 104 Å². The van der Waals surface area contributed by atoms with Gasteiger partial charge in [0.25, 0.3) is 5.91 Å². The highest BCUT2D eigenvalue weighted by atomic mass is 16.2. The number of para-hydroxylation sites is 1. The second-order valence-corrected chi connectivity index (χ2v) is 4.30. The van der Waals surface area contributed by atoms with Crippen LogP contribution in [0.5, 0.6) is 0 Å². The van der Waals surface area contributed by atoms with E-state index in [1.807, 2.05) is 24.3 Å². The van der Waals surface area contributed by atoms with Crippen LogP contribution in [-0.2, 0) is 6.42 Å². The van der Waals surface area contributed by atoms with E-state index in [2.05, 4.69) is 4.98 Å². The summed E-state index contributed by atoms with van der Waals surface area (Å²) in [7, 11) is 0. The van der Waals surface area contributed by atoms with Crippen molar-refractivity contribution >= 4 is 17.9 Å². The lowest BCUT2D eigenvalue weighted by Gasteiger charge is -2.16. The lowest BCUT2D eigenvalue weighted by atomic mass is 10.2. The van der Waals surface area contributed by atoms with E-state index in [0.717, 1.165) is 18.4 Å². The molecule has 4 heteroatoms. The number of aldehydes is 1. The Morgan fingerprint density at radius 2 is 2.17 bits per heavy atom. The van der Waals surface area contributed by atoms with Gasteiger partial charge in [0.15, 0.2) is 6.29 Å². The number of benzene rings is 1. The maximum Gasteiger partial charge on any atom is 0.274 e. The molecule has 0 aliphatic carbocycles. The van der Waals surface area contributed by atoms with E-state index in [0.29, 0.717) is 17.8 Å². The van der Waals surface area contributed by atoms with Gasteiger partial charge < -0.3 is 9.88 Å². The molecule has 2 heterocycles. The lowest BCUT2D eigenvalue weighted by Crippen LogP contribution is -2.29. The number of fused-ring (bicyclic) bond motifs is 1. The second-order valence-electron chi connectivity index (χ2n) is 4.30. The third-order valence-corrected chi connectivity index (χ3v) is 3.20. The summed E-state index contributed by atoms with van der Waals surface area (Å²) in [5.41, 5.74) is 3.09. The maximum absolute atomic E-state index is 12.3. The van der Waals surface area contributed by atoms with E-state index >= 15 is 0 Å². The van der Waals surface area contributed by atoms with Gasteiger partial charge in [-0.2, -0.15) is 0 Å². The van der Waals surface area contributed by atoms with Crippen LogP contribution in [0, 0.1) is 0 Å². The van der Waals surface area contributed by atoms with Crippen molar-refractivity contribution in [2.45, 2.75) is 6.42 Å². The molecule has 1 aromatic carbocycles. The third-order valence-electron chi connectivity index (χ3n) is 3.20. The van der Waals surface area contributed by atoms with Crippen LogP contribution >= 0.6 is 0 Å². The normalized spacial score (nSPS) is 13.4. The summed E-state index contributed by atoms with van der Waals surface area (Å²) in [5.74, 6) is -0.0898. The minimum absolute atomic E-state index is 0.0898. The van der Waals surface area contributed by atoms with Gasteiger partial charge in [-0.25, -0.2) is 0 Å². The fourth-order valence-corrected chi connectivity index (χ4v) is 2.30. The van der Waals surface area contributed by atoms with Crippen LogP contribution < -0.4 is 4.90 Å². The van der Waals surface area contributed by atoms with Crippen LogP contribution in [0.15, 0.2) is 36.5 Å². The predicted molar refractivity (Wildman–Crippen MR) is 68.0 cm³/mol. The summed E-state index contributed by atoms with van der Waals surface area (Å²) in [6.45, 7) is 0.688. The fourth-order valence-electron chi connectivity index (χ4n) is 2.30. The molecular weight excluding hydrogens is 228 g/mol. The molecule has 1 amide bonds. The second kappa shape index (κ2) is 4.14. The number of hydrogen-bond acceptors (Lipinski definition) is 2. The van der Waals surface area contributed by atoms with Gasteiger partial charge in [-0.1, -0.05) is 18.2 Å². The zero-order chi connectivity index (χ0) is 12.5. The number of aromatic nitrogens is 1. The van der Waals surface area contributed by atoms with Crippen molar-refractivity contribution in [2.24, 2.45) is 0 Å². The van der Waals surface area contributed by atoms with Crippen molar-refractivity contribution < 1.29 is 9.59 Å². The molecule has 1 N–H and O–H groups in total. The highest BCUT2D eigenvalue weighted by molar-refractivity contribution is 6.06. The molecule has 0 spiro atoms. The molecule has 18 heavy (non-hydrogen) atoms. The summed E-state index contributed by atoms with van der Waals surface area (Å²) in [6.07, 6.45) is 3.15. The Balaban J connectivity index is 1.92. The van der Waals surface area contributed by atoms with Crippen LogP contribution in [0.3, 0.4) is 0 Å². The molecule has 3 rings (SSSR count). The number of carbonyl (C=O) groups is 2. The first-order chi connectivity index (χ1) is 8.79. The predicted octanol–water partition coefficient (Wildman–Crippen LogP) is 2.03. The third kappa shape index (κ3) is 1.62. The standard InChI is InChI=1S/C14H12N2O2/c17-9-10-7-12(15-8-10)14(18)16-6-5-11-3-1-2-4-13(11)16/h1-4,7-9,15H,5-6H2. The largest absolute Gasteiger partial charge is 0.356 e. The number of anilines is 1. The average Bonchev–Trinajstić information content (AvgIpc) is 3.04. The Morgan fingerprint density at radius 3 is 2.94 bits per heavy atom. The monoisotopic (exact) mass is 240 g/mol. The number of H-pyrrole nitrogens is 1. The first kappa shape index (κ1) is 10.8. The summed E-state index contributed by atoms with van der Waals surface area (Å²) < 4.78 is 0. The molecule has 1 aliphatic rings. The van der Waals surface area contributed by atoms with Gasteiger partial charge in [-0.15, -0.1) is 0 Å². The number of hydrogen-bond donors (Lipinski definition) is 1. The maximum atomic E-state index is 12.3. The highest BCUT2D eigenvalue weighted by Gasteiger charge is 2.25. The van der Waals surface area contributed by atoms with E-state index < -0.39 is 0 Å². The smallest absolute Gasteiger partial charge is 0.274 e. The topological polar surface area (TPSA) is 53.2 Å². The van der Waals surface area contributed by atoms with Crippen LogP contribution in [-0.4, -0.2) is 23.7 Å². The first-order valence-electron chi connectivity index (χ1n) is 5.83. The molecule has 0 unspecified atom stereocenters. The van der Waals surface area contributed by atoms with Crippen molar-refractivity contribution in [3.63, 3.8) is 0 Å². The molecule has 0 fully saturated rings. The highest BCUT2D eigenvalue weighted by Crippen LogP contribution is 2.28. The summed E-state index contributed by atoms with van der Waals surface area (Å²) >= 11 is 0. The van der Waals surface area contributed by atoms with Gasteiger partial charge in [0.2, 0.25) is 0 Å². The van der Waals surface area contributed by atoms with Gasteiger partial charge in [0, 0.05) is 24.0 Å². The van der Waals surface area contributed by atoms with Crippen LogP contribution in [0.1, 0.15) is 26.4 Å². The van der Waals surface area contributed by atoms with E-state index in [-0.39, 0.29) is 5.91 Å². The van der Waals surface area contributed by atoms with E-state index in [1.165, 1.54) is 5.56 Å². The number of aromatic amines is 1. The van der Waals surface area contributed by atoms with Crippen molar-refractivity contribution in [1.82, 2.24) is 4.98 Å². The summed E-state index contributed by atoms with van der Waals surface area (Å²) in [6, 6.07) is 9.47. The van der Waals surface area contributed by atoms with Crippen LogP contribution in [0.4, 0.5) is 5.69 Å². The number of nitrogens with one attached hydrogen (secondary N) is 1. The minimum Gasteiger partial charge on any atom is -0.356 e. The Hall–Kier alpha value is -2.36. The molecule has 1 aliphatic heterocycles. The number of amides is 1. The van der Waals surface area contributed by atoms with Crippen molar-refractivity contribution in [2.75, 3.05) is 11.4 Å². The molecule has 0 bridgehead atoms. The van der Waals surface area contributed by atoms with Gasteiger partial charge in [0.1, 0.15) is 5.69 Å². The summed E-state index contributed by atoms with van der Waals surface area (Å²) in [4.78, 5) is 27.5. The zero-order valence-electron chi connectivity index (χ0n) is 9.72. The molecule has 90 valence electrons. The molecule has 0 atom stereocenters. The van der Waals surface area contributed by atoms with E-state index in [4.69, 9.17) is 0 Å². The van der Waals surface area contributed by atoms with E-state index in [1.54, 1.807) is 17.2 Å². The van der Waals surface area contributed by atoms with Gasteiger partial charge in [-0.3, -0.25) is 9.59 Å². The van der Waals surface area contributed by atoms with Gasteiger partial charge >= 0.3 is 0 Å². The number of nitrogens with zero attached hydrogens (tertiary/aromatic N) is 1. The molecule has 1 aromatic heterocycles.